The average Bonchev–Trinajstić information content (AvgIpc) is 0.751. The number of aromatic nitrogens is 3. The van der Waals surface area contributed by atoms with Crippen molar-refractivity contribution in [3.8, 4) is 22.8 Å². The van der Waals surface area contributed by atoms with Crippen molar-refractivity contribution in [3.63, 3.8) is 0 Å². The van der Waals surface area contributed by atoms with Crippen LogP contribution in [-0.4, -0.2) is 119 Å². The zero-order chi connectivity index (χ0) is 63.8. The summed E-state index contributed by atoms with van der Waals surface area (Å²) in [5.74, 6) is -21.4. The van der Waals surface area contributed by atoms with E-state index < -0.39 is 164 Å². The molecule has 14 nitrogen and oxygen atoms in total. The first kappa shape index (κ1) is 77.2. The standard InChI is InChI=1S/C60H75F8N4O10PS3.ClH.Pt/c1-11-80-83(79,81-12-2)56(58(3,4)5)72(59(6,7)8)38(41-44(63)48(67)54(49(68)45(41)64)86-55-52(76)51(75)50(74)39(31-73)82-55)27-32(30-60(9,10)57(77)78)40-42(61)46(65)53(47(66)43(40)62)85-26-20-14-13-19-25-84-33-28-36(34-21-15-17-23-69-34)71-37(29-33)35-22-16-18-24-70-35;;/h15-18,21-24,28-29,32,38-39,50-52,55-56,73-76H,11-14,19-20,25-27,30-31H2,1-10H3,(H,77,78);1H;/q;;+2/p-2/t32?,38?,39-,50+,51+,52-,55+,56?;;/m0../s1. The minimum absolute atomic E-state index is 0. The summed E-state index contributed by atoms with van der Waals surface area (Å²) in [5.41, 5.74) is -7.39. The van der Waals surface area contributed by atoms with Crippen LogP contribution in [0.5, 0.6) is 0 Å². The first-order valence-corrected chi connectivity index (χ1v) is 32.5. The summed E-state index contributed by atoms with van der Waals surface area (Å²) in [6.45, 7) is 12.3. The molecule has 490 valence electrons. The number of thioether (sulfide) groups is 3. The number of aliphatic hydroxyl groups excluding tert-OH is 4. The number of carboxylic acid groups (broad SMARTS) is 1. The number of benzene rings is 2. The Labute approximate surface area is 541 Å². The zero-order valence-electron chi connectivity index (χ0n) is 50.1. The summed E-state index contributed by atoms with van der Waals surface area (Å²) < 4.78 is 169. The average molecular weight is 1520 g/mol. The fourth-order valence-corrected chi connectivity index (χ4v) is 16.4. The first-order valence-electron chi connectivity index (χ1n) is 28.0. The molecule has 0 aliphatic carbocycles. The van der Waals surface area contributed by atoms with Crippen LogP contribution in [0.3, 0.4) is 0 Å². The molecule has 8 atom stereocenters. The normalized spacial score (nSPS) is 18.6. The van der Waals surface area contributed by atoms with Gasteiger partial charge in [-0.15, -0.1) is 23.5 Å². The van der Waals surface area contributed by atoms with Crippen LogP contribution in [0.25, 0.3) is 22.8 Å². The quantitative estimate of drug-likeness (QED) is 0.0121. The van der Waals surface area contributed by atoms with E-state index in [0.717, 1.165) is 30.1 Å². The molecule has 88 heavy (non-hydrogen) atoms. The Kier molecular flexibility index (Phi) is 29.0. The van der Waals surface area contributed by atoms with Crippen LogP contribution in [0.2, 0.25) is 0 Å². The molecular formula is C60H74ClF8N4O10PPtS3. The molecule has 1 saturated heterocycles. The van der Waals surface area contributed by atoms with E-state index in [0.29, 0.717) is 59.6 Å². The topological polar surface area (TPSA) is 208 Å². The number of unbranched alkanes of at least 4 members (excludes halogenated alkanes) is 3. The van der Waals surface area contributed by atoms with Crippen LogP contribution in [0.1, 0.15) is 131 Å². The van der Waals surface area contributed by atoms with E-state index in [1.807, 2.05) is 36.4 Å². The van der Waals surface area contributed by atoms with E-state index in [1.165, 1.54) is 55.4 Å². The third-order valence-electron chi connectivity index (χ3n) is 14.4. The van der Waals surface area contributed by atoms with Gasteiger partial charge in [-0.05, 0) is 120 Å². The van der Waals surface area contributed by atoms with E-state index in [9.17, 15) is 30.3 Å². The molecule has 1 aliphatic rings. The van der Waals surface area contributed by atoms with Gasteiger partial charge in [0, 0.05) is 51.4 Å². The number of aliphatic hydroxyl groups is 4. The van der Waals surface area contributed by atoms with Gasteiger partial charge in [0.1, 0.15) is 35.6 Å². The molecule has 0 radical (unpaired) electrons. The maximum atomic E-state index is 17.5. The molecule has 0 spiro atoms. The largest absolute Gasteiger partial charge is 2.00 e. The van der Waals surface area contributed by atoms with Gasteiger partial charge in [0.15, 0.2) is 46.5 Å². The number of pyridine rings is 3. The van der Waals surface area contributed by atoms with Gasteiger partial charge < -0.3 is 56.5 Å². The molecule has 2 aromatic carbocycles. The summed E-state index contributed by atoms with van der Waals surface area (Å²) in [6.07, 6.45) is -4.35. The van der Waals surface area contributed by atoms with E-state index in [2.05, 4.69) is 9.97 Å². The van der Waals surface area contributed by atoms with Crippen molar-refractivity contribution >= 4 is 48.9 Å². The van der Waals surface area contributed by atoms with Gasteiger partial charge in [0.2, 0.25) is 0 Å². The van der Waals surface area contributed by atoms with Crippen LogP contribution in [0, 0.1) is 57.4 Å². The summed E-state index contributed by atoms with van der Waals surface area (Å²) in [5, 5.41) is 54.0. The molecule has 3 aromatic heterocycles. The maximum Gasteiger partial charge on any atom is 2.00 e. The number of carbonyl (C=O) groups excluding carboxylic acids is 1. The number of carbonyl (C=O) groups is 1. The van der Waals surface area contributed by atoms with Crippen LogP contribution in [0.4, 0.5) is 35.1 Å². The molecule has 28 heteroatoms. The van der Waals surface area contributed by atoms with Crippen LogP contribution in [0.15, 0.2) is 75.6 Å². The number of hydrogen-bond donors (Lipinski definition) is 4. The third kappa shape index (κ3) is 18.1. The number of carboxylic acids is 1. The summed E-state index contributed by atoms with van der Waals surface area (Å²) in [4.78, 5) is 26.0. The van der Waals surface area contributed by atoms with Gasteiger partial charge in [0.25, 0.3) is 0 Å². The summed E-state index contributed by atoms with van der Waals surface area (Å²) in [7, 11) is -4.67. The molecule has 0 bridgehead atoms. The van der Waals surface area contributed by atoms with Gasteiger partial charge in [-0.1, -0.05) is 71.4 Å². The molecule has 5 aromatic rings. The molecule has 0 saturated carbocycles. The minimum Gasteiger partial charge on any atom is -1.00 e. The van der Waals surface area contributed by atoms with Crippen molar-refractivity contribution in [1.29, 1.82) is 0 Å². The fraction of sp³-hybridized carbons (Fsp3) is 0.533. The monoisotopic (exact) mass is 1520 g/mol. The summed E-state index contributed by atoms with van der Waals surface area (Å²) >= 11 is 1.91. The number of nitrogens with zero attached hydrogens (tertiary/aromatic N) is 4. The van der Waals surface area contributed by atoms with Gasteiger partial charge in [-0.25, -0.2) is 40.1 Å². The Morgan fingerprint density at radius 2 is 1.17 bits per heavy atom. The molecule has 4 heterocycles. The second-order valence-electron chi connectivity index (χ2n) is 23.4. The predicted octanol–water partition coefficient (Wildman–Crippen LogP) is 9.78. The maximum absolute atomic E-state index is 17.5. The minimum atomic E-state index is -4.67. The summed E-state index contributed by atoms with van der Waals surface area (Å²) in [6, 6.07) is 12.6. The molecule has 1 fully saturated rings. The smallest absolute Gasteiger partial charge is 1.00 e. The Morgan fingerprint density at radius 1 is 0.693 bits per heavy atom. The molecule has 3 unspecified atom stereocenters. The predicted molar refractivity (Wildman–Crippen MR) is 312 cm³/mol. The Balaban J connectivity index is 0.00000828. The first-order chi connectivity index (χ1) is 40.3. The molecule has 0 amide bonds. The van der Waals surface area contributed by atoms with E-state index in [1.54, 1.807) is 36.3 Å². The Morgan fingerprint density at radius 3 is 1.60 bits per heavy atom. The number of hydrogen-bond acceptors (Lipinski definition) is 17. The SMILES string of the molecule is CCOP(=O)(OCC)C(N(C(CC(CC(C)(C)C(=O)[O-])c1c(F)c(F)c(SCCCCCCSc2cc(-c3ccccn3)nc(-c3ccccn3)c2)c(F)c1F)c1c(F)c(F)c(S[C@H]2O[C@@H](CO)[C@@H](O)[C@@H](O)[C@@H]2O)c(F)c1F)C(C)(C)C)C(C)(C)C.[Cl-].[Pt+2]. The van der Waals surface area contributed by atoms with Crippen molar-refractivity contribution in [2.45, 2.75) is 176 Å². The van der Waals surface area contributed by atoms with E-state index in [-0.39, 0.29) is 64.2 Å². The second kappa shape index (κ2) is 33.0. The second-order valence-corrected chi connectivity index (χ2v) is 28.9. The number of ether oxygens (including phenoxy) is 1. The van der Waals surface area contributed by atoms with Crippen molar-refractivity contribution in [2.24, 2.45) is 10.8 Å². The Bertz CT molecular complexity index is 3060. The van der Waals surface area contributed by atoms with Crippen molar-refractivity contribution in [3.05, 3.63) is 119 Å². The Hall–Kier alpha value is -3.26. The fourth-order valence-electron chi connectivity index (χ4n) is 10.5. The van der Waals surface area contributed by atoms with E-state index in [4.69, 9.17) is 18.8 Å². The number of rotatable bonds is 28. The van der Waals surface area contributed by atoms with Crippen molar-refractivity contribution in [2.75, 3.05) is 31.3 Å². The van der Waals surface area contributed by atoms with E-state index >= 15 is 39.7 Å². The third-order valence-corrected chi connectivity index (χ3v) is 20.7. The van der Waals surface area contributed by atoms with Gasteiger partial charge in [-0.2, -0.15) is 0 Å². The van der Waals surface area contributed by atoms with Crippen LogP contribution >= 0.6 is 42.9 Å². The van der Waals surface area contributed by atoms with Crippen molar-refractivity contribution < 1.29 is 117 Å². The molecule has 4 N–H and O–H groups in total. The van der Waals surface area contributed by atoms with Gasteiger partial charge in [-0.3, -0.25) is 19.4 Å². The number of aliphatic carboxylic acids is 1. The van der Waals surface area contributed by atoms with Crippen LogP contribution in [-0.2, 0) is 44.2 Å². The molecule has 6 rings (SSSR count). The van der Waals surface area contributed by atoms with Gasteiger partial charge in [0.05, 0.1) is 52.4 Å². The number of halogens is 9. The van der Waals surface area contributed by atoms with Crippen LogP contribution < -0.4 is 17.5 Å². The molecule has 1 aliphatic heterocycles. The zero-order valence-corrected chi connectivity index (χ0v) is 56.5. The molecular weight excluding hydrogens is 1450 g/mol. The van der Waals surface area contributed by atoms with Crippen molar-refractivity contribution in [1.82, 2.24) is 19.9 Å². The van der Waals surface area contributed by atoms with Gasteiger partial charge >= 0.3 is 28.7 Å².